The molecule has 0 fully saturated rings. The van der Waals surface area contributed by atoms with E-state index in [0.717, 1.165) is 6.07 Å². The number of carbonyl (C=O) groups is 1. The Balaban J connectivity index is 2.13. The molecule has 7 heteroatoms. The smallest absolute Gasteiger partial charge is 0.354 e. The predicted octanol–water partition coefficient (Wildman–Crippen LogP) is 6.13. The van der Waals surface area contributed by atoms with E-state index in [4.69, 9.17) is 11.3 Å². The topological polar surface area (TPSA) is 35.6 Å². The van der Waals surface area contributed by atoms with E-state index >= 15 is 0 Å². The minimum absolute atomic E-state index is 0.206. The Morgan fingerprint density at radius 1 is 1.18 bits per heavy atom. The number of nitrogens with zero attached hydrogens (tertiary/aromatic N) is 2. The van der Waals surface area contributed by atoms with E-state index in [-0.39, 0.29) is 23.6 Å². The molecular formula is C21H15BrF2N2O2. The van der Waals surface area contributed by atoms with Crippen molar-refractivity contribution in [3.8, 4) is 22.3 Å². The Bertz CT molecular complexity index is 1100. The number of aromatic nitrogens is 1. The molecule has 0 saturated carbocycles. The van der Waals surface area contributed by atoms with Gasteiger partial charge in [-0.15, -0.1) is 0 Å². The zero-order chi connectivity index (χ0) is 20.4. The van der Waals surface area contributed by atoms with Gasteiger partial charge < -0.3 is 9.30 Å². The van der Waals surface area contributed by atoms with Crippen molar-refractivity contribution >= 4 is 27.6 Å². The Morgan fingerprint density at radius 3 is 2.39 bits per heavy atom. The number of hydrogen-bond donors (Lipinski definition) is 0. The zero-order valence-corrected chi connectivity index (χ0v) is 16.7. The van der Waals surface area contributed by atoms with Crippen molar-refractivity contribution in [2.75, 3.05) is 6.61 Å². The Kier molecular flexibility index (Phi) is 5.61. The highest BCUT2D eigenvalue weighted by molar-refractivity contribution is 9.10. The first kappa shape index (κ1) is 19.8. The number of ether oxygens (including phenoxy) is 1. The van der Waals surface area contributed by atoms with Gasteiger partial charge in [-0.05, 0) is 46.1 Å². The standard InChI is InChI=1S/C21H15BrF2N2O2/c1-4-28-21(27)19-17(18(25-2)20(22)26(19)3)13-7-5-12(6-8-13)15-10-9-14(23)11-16(15)24/h5-11H,4H2,1,3H3. The molecule has 0 aliphatic rings. The number of carbonyl (C=O) groups excluding carboxylic acids is 1. The third kappa shape index (κ3) is 3.43. The first-order valence-corrected chi connectivity index (χ1v) is 9.17. The van der Waals surface area contributed by atoms with Crippen LogP contribution in [0.4, 0.5) is 14.5 Å². The summed E-state index contributed by atoms with van der Waals surface area (Å²) in [6.45, 7) is 9.41. The minimum Gasteiger partial charge on any atom is -0.461 e. The fourth-order valence-electron chi connectivity index (χ4n) is 2.99. The van der Waals surface area contributed by atoms with E-state index in [1.54, 1.807) is 42.8 Å². The Hall–Kier alpha value is -2.98. The zero-order valence-electron chi connectivity index (χ0n) is 15.1. The van der Waals surface area contributed by atoms with Crippen molar-refractivity contribution in [3.63, 3.8) is 0 Å². The molecule has 2 aromatic carbocycles. The summed E-state index contributed by atoms with van der Waals surface area (Å²) in [6.07, 6.45) is 0. The molecule has 0 aliphatic heterocycles. The molecule has 0 amide bonds. The van der Waals surface area contributed by atoms with Gasteiger partial charge in [0.05, 0.1) is 17.8 Å². The average Bonchev–Trinajstić information content (AvgIpc) is 2.93. The fourth-order valence-corrected chi connectivity index (χ4v) is 3.46. The molecular weight excluding hydrogens is 430 g/mol. The lowest BCUT2D eigenvalue weighted by Crippen LogP contribution is -2.11. The van der Waals surface area contributed by atoms with Crippen LogP contribution in [0.1, 0.15) is 17.4 Å². The summed E-state index contributed by atoms with van der Waals surface area (Å²) in [5.41, 5.74) is 2.40. The summed E-state index contributed by atoms with van der Waals surface area (Å²) in [6, 6.07) is 10.1. The highest BCUT2D eigenvalue weighted by atomic mass is 79.9. The van der Waals surface area contributed by atoms with Gasteiger partial charge in [0.1, 0.15) is 17.3 Å². The van der Waals surface area contributed by atoms with Crippen LogP contribution in [0.3, 0.4) is 0 Å². The number of esters is 1. The molecule has 4 nitrogen and oxygen atoms in total. The summed E-state index contributed by atoms with van der Waals surface area (Å²) in [5, 5.41) is 0. The molecule has 0 saturated heterocycles. The molecule has 1 heterocycles. The normalized spacial score (nSPS) is 10.6. The monoisotopic (exact) mass is 444 g/mol. The molecule has 0 radical (unpaired) electrons. The van der Waals surface area contributed by atoms with Gasteiger partial charge >= 0.3 is 5.97 Å². The molecule has 0 aliphatic carbocycles. The van der Waals surface area contributed by atoms with Crippen LogP contribution in [0, 0.1) is 18.2 Å². The van der Waals surface area contributed by atoms with Gasteiger partial charge in [0.2, 0.25) is 5.69 Å². The second-order valence-electron chi connectivity index (χ2n) is 5.96. The van der Waals surface area contributed by atoms with E-state index in [1.165, 1.54) is 12.1 Å². The average molecular weight is 445 g/mol. The van der Waals surface area contributed by atoms with Crippen molar-refractivity contribution < 1.29 is 18.3 Å². The fraction of sp³-hybridized carbons (Fsp3) is 0.143. The van der Waals surface area contributed by atoms with Crippen LogP contribution in [0.5, 0.6) is 0 Å². The van der Waals surface area contributed by atoms with E-state index in [1.807, 2.05) is 0 Å². The molecule has 1 aromatic heterocycles. The van der Waals surface area contributed by atoms with Gasteiger partial charge in [0, 0.05) is 24.2 Å². The second kappa shape index (κ2) is 7.95. The van der Waals surface area contributed by atoms with E-state index in [0.29, 0.717) is 21.3 Å². The first-order valence-electron chi connectivity index (χ1n) is 8.37. The lowest BCUT2D eigenvalue weighted by molar-refractivity contribution is 0.0516. The van der Waals surface area contributed by atoms with Crippen molar-refractivity contribution in [1.29, 1.82) is 0 Å². The van der Waals surface area contributed by atoms with Crippen LogP contribution >= 0.6 is 15.9 Å². The van der Waals surface area contributed by atoms with Crippen LogP contribution in [0.15, 0.2) is 47.1 Å². The minimum atomic E-state index is -0.663. The summed E-state index contributed by atoms with van der Waals surface area (Å²) in [5.74, 6) is -1.85. The molecule has 142 valence electrons. The van der Waals surface area contributed by atoms with Crippen molar-refractivity contribution in [1.82, 2.24) is 4.57 Å². The second-order valence-corrected chi connectivity index (χ2v) is 6.71. The SMILES string of the molecule is [C-]#[N+]c1c(-c2ccc(-c3ccc(F)cc3F)cc2)c(C(=O)OCC)n(C)c1Br. The van der Waals surface area contributed by atoms with Gasteiger partial charge in [-0.1, -0.05) is 24.3 Å². The number of benzene rings is 2. The molecule has 0 unspecified atom stereocenters. The maximum Gasteiger partial charge on any atom is 0.354 e. The number of rotatable bonds is 4. The van der Waals surface area contributed by atoms with E-state index in [2.05, 4.69) is 20.8 Å². The molecule has 28 heavy (non-hydrogen) atoms. The van der Waals surface area contributed by atoms with Gasteiger partial charge in [-0.3, -0.25) is 0 Å². The molecule has 0 atom stereocenters. The summed E-state index contributed by atoms with van der Waals surface area (Å²) >= 11 is 3.35. The van der Waals surface area contributed by atoms with Crippen LogP contribution in [0.25, 0.3) is 27.1 Å². The van der Waals surface area contributed by atoms with Crippen LogP contribution in [-0.4, -0.2) is 17.1 Å². The molecule has 0 N–H and O–H groups in total. The predicted molar refractivity (Wildman–Crippen MR) is 106 cm³/mol. The molecule has 3 aromatic rings. The largest absolute Gasteiger partial charge is 0.461 e. The van der Waals surface area contributed by atoms with E-state index in [9.17, 15) is 13.6 Å². The van der Waals surface area contributed by atoms with Crippen molar-refractivity contribution in [3.05, 3.63) is 75.8 Å². The Morgan fingerprint density at radius 2 is 1.82 bits per heavy atom. The number of hydrogen-bond acceptors (Lipinski definition) is 2. The van der Waals surface area contributed by atoms with Crippen molar-refractivity contribution in [2.24, 2.45) is 7.05 Å². The number of halogens is 3. The molecule has 3 rings (SSSR count). The third-order valence-electron chi connectivity index (χ3n) is 4.30. The first-order chi connectivity index (χ1) is 13.4. The summed E-state index contributed by atoms with van der Waals surface area (Å²) in [4.78, 5) is 16.0. The summed E-state index contributed by atoms with van der Waals surface area (Å²) in [7, 11) is 1.66. The van der Waals surface area contributed by atoms with E-state index < -0.39 is 17.6 Å². The highest BCUT2D eigenvalue weighted by Gasteiger charge is 2.26. The lowest BCUT2D eigenvalue weighted by Gasteiger charge is -2.09. The van der Waals surface area contributed by atoms with Crippen molar-refractivity contribution in [2.45, 2.75) is 6.92 Å². The highest BCUT2D eigenvalue weighted by Crippen LogP contribution is 2.42. The van der Waals surface area contributed by atoms with Gasteiger partial charge in [-0.2, -0.15) is 0 Å². The van der Waals surface area contributed by atoms with Crippen LogP contribution < -0.4 is 0 Å². The van der Waals surface area contributed by atoms with Gasteiger partial charge in [0.15, 0.2) is 0 Å². The molecule has 0 spiro atoms. The maximum absolute atomic E-state index is 14.0. The lowest BCUT2D eigenvalue weighted by atomic mass is 9.99. The van der Waals surface area contributed by atoms with Crippen LogP contribution in [0.2, 0.25) is 0 Å². The van der Waals surface area contributed by atoms with Crippen LogP contribution in [-0.2, 0) is 11.8 Å². The quantitative estimate of drug-likeness (QED) is 0.358. The summed E-state index contributed by atoms with van der Waals surface area (Å²) < 4.78 is 34.3. The van der Waals surface area contributed by atoms with Gasteiger partial charge in [-0.25, -0.2) is 18.4 Å². The Labute approximate surface area is 169 Å². The van der Waals surface area contributed by atoms with Gasteiger partial charge in [0.25, 0.3) is 0 Å². The third-order valence-corrected chi connectivity index (χ3v) is 5.20. The maximum atomic E-state index is 14.0. The molecule has 0 bridgehead atoms.